The molecule has 1 heterocycles. The largest absolute Gasteiger partial charge is 0.497 e. The number of nitrogens with zero attached hydrogens (tertiary/aromatic N) is 2. The summed E-state index contributed by atoms with van der Waals surface area (Å²) in [4.78, 5) is 30.3. The summed E-state index contributed by atoms with van der Waals surface area (Å²) in [6.45, 7) is 4.58. The standard InChI is InChI=1S/C23H28N2O4S.BrH/c1-15-6-11-19-20(14-15)30-22(17-7-9-18(28-5)10-8-17)21(29-16(2)26)23(27)25(19)13-12-24(3)4;/h6-11,14,21-22H,12-13H2,1-5H3;1H/t21-,22+;/m1./s1. The second-order valence-electron chi connectivity index (χ2n) is 7.61. The van der Waals surface area contributed by atoms with Gasteiger partial charge in [-0.3, -0.25) is 9.59 Å². The minimum Gasteiger partial charge on any atom is -0.497 e. The van der Waals surface area contributed by atoms with E-state index in [1.807, 2.05) is 62.3 Å². The first-order chi connectivity index (χ1) is 14.3. The van der Waals surface area contributed by atoms with E-state index in [1.165, 1.54) is 6.92 Å². The van der Waals surface area contributed by atoms with Crippen LogP contribution < -0.4 is 9.64 Å². The lowest BCUT2D eigenvalue weighted by Crippen LogP contribution is -2.45. The molecule has 2 aromatic carbocycles. The molecule has 0 saturated carbocycles. The number of hydrogen-bond donors (Lipinski definition) is 0. The monoisotopic (exact) mass is 508 g/mol. The number of hydrogen-bond acceptors (Lipinski definition) is 6. The molecule has 31 heavy (non-hydrogen) atoms. The summed E-state index contributed by atoms with van der Waals surface area (Å²) in [7, 11) is 5.55. The van der Waals surface area contributed by atoms with Gasteiger partial charge in [-0.25, -0.2) is 0 Å². The summed E-state index contributed by atoms with van der Waals surface area (Å²) in [6, 6.07) is 13.6. The molecular weight excluding hydrogens is 480 g/mol. The van der Waals surface area contributed by atoms with Gasteiger partial charge in [0.2, 0.25) is 0 Å². The van der Waals surface area contributed by atoms with Crippen LogP contribution in [-0.4, -0.2) is 57.2 Å². The highest BCUT2D eigenvalue weighted by atomic mass is 79.9. The van der Waals surface area contributed by atoms with Crippen LogP contribution in [0.1, 0.15) is 23.3 Å². The van der Waals surface area contributed by atoms with Crippen LogP contribution in [0.25, 0.3) is 0 Å². The van der Waals surface area contributed by atoms with Crippen LogP contribution in [0.15, 0.2) is 47.4 Å². The van der Waals surface area contributed by atoms with E-state index < -0.39 is 12.1 Å². The van der Waals surface area contributed by atoms with Crippen molar-refractivity contribution in [1.82, 2.24) is 4.90 Å². The predicted octanol–water partition coefficient (Wildman–Crippen LogP) is 4.25. The molecule has 0 N–H and O–H groups in total. The molecule has 0 fully saturated rings. The fraction of sp³-hybridized carbons (Fsp3) is 0.391. The topological polar surface area (TPSA) is 59.1 Å². The Bertz CT molecular complexity index is 920. The van der Waals surface area contributed by atoms with Gasteiger partial charge in [-0.1, -0.05) is 18.2 Å². The zero-order chi connectivity index (χ0) is 21.8. The van der Waals surface area contributed by atoms with Crippen LogP contribution in [-0.2, 0) is 14.3 Å². The Kier molecular flexibility index (Phi) is 8.97. The number of anilines is 1. The van der Waals surface area contributed by atoms with Crippen LogP contribution in [0.3, 0.4) is 0 Å². The first-order valence-corrected chi connectivity index (χ1v) is 10.7. The number of ether oxygens (including phenoxy) is 2. The first kappa shape index (κ1) is 25.2. The minimum atomic E-state index is -0.921. The third-order valence-corrected chi connectivity index (χ3v) is 6.31. The number of amides is 1. The molecule has 2 aromatic rings. The molecular formula is C23H29BrN2O4S. The number of benzene rings is 2. The molecule has 3 rings (SSSR count). The Labute approximate surface area is 198 Å². The summed E-state index contributed by atoms with van der Waals surface area (Å²) in [6.07, 6.45) is -0.921. The van der Waals surface area contributed by atoms with Gasteiger partial charge in [-0.15, -0.1) is 28.7 Å². The number of likely N-dealkylation sites (N-methyl/N-ethyl adjacent to an activating group) is 1. The third-order valence-electron chi connectivity index (χ3n) is 4.95. The number of esters is 1. The summed E-state index contributed by atoms with van der Waals surface area (Å²) in [5.74, 6) is 0.0571. The minimum absolute atomic E-state index is 0. The van der Waals surface area contributed by atoms with Gasteiger partial charge < -0.3 is 19.3 Å². The first-order valence-electron chi connectivity index (χ1n) is 9.84. The summed E-state index contributed by atoms with van der Waals surface area (Å²) >= 11 is 1.56. The highest BCUT2D eigenvalue weighted by molar-refractivity contribution is 8.93. The van der Waals surface area contributed by atoms with Crippen LogP contribution in [0.4, 0.5) is 5.69 Å². The number of fused-ring (bicyclic) bond motifs is 1. The van der Waals surface area contributed by atoms with E-state index in [9.17, 15) is 9.59 Å². The SMILES string of the molecule is Br.COc1ccc([C@@H]2Sc3cc(C)ccc3N(CCN(C)C)C(=O)[C@@H]2OC(C)=O)cc1. The maximum Gasteiger partial charge on any atom is 0.303 e. The fourth-order valence-corrected chi connectivity index (χ4v) is 4.81. The Morgan fingerprint density at radius 3 is 2.42 bits per heavy atom. The van der Waals surface area contributed by atoms with Crippen LogP contribution >= 0.6 is 28.7 Å². The highest BCUT2D eigenvalue weighted by Crippen LogP contribution is 2.47. The molecule has 2 atom stereocenters. The number of aryl methyl sites for hydroxylation is 1. The molecule has 1 aliphatic rings. The highest BCUT2D eigenvalue weighted by Gasteiger charge is 2.40. The molecule has 0 aliphatic carbocycles. The van der Waals surface area contributed by atoms with Gasteiger partial charge in [0.25, 0.3) is 5.91 Å². The van der Waals surface area contributed by atoms with Gasteiger partial charge in [0, 0.05) is 24.9 Å². The zero-order valence-electron chi connectivity index (χ0n) is 18.5. The van der Waals surface area contributed by atoms with Crippen LogP contribution in [0, 0.1) is 6.92 Å². The maximum atomic E-state index is 13.6. The molecule has 0 radical (unpaired) electrons. The average molecular weight is 509 g/mol. The molecule has 0 saturated heterocycles. The molecule has 0 bridgehead atoms. The zero-order valence-corrected chi connectivity index (χ0v) is 21.0. The second kappa shape index (κ2) is 11.0. The maximum absolute atomic E-state index is 13.6. The molecule has 1 amide bonds. The molecule has 168 valence electrons. The van der Waals surface area contributed by atoms with Crippen molar-refractivity contribution in [3.63, 3.8) is 0 Å². The van der Waals surface area contributed by atoms with E-state index in [-0.39, 0.29) is 28.1 Å². The molecule has 0 spiro atoms. The van der Waals surface area contributed by atoms with Crippen molar-refractivity contribution < 1.29 is 19.1 Å². The number of rotatable bonds is 6. The van der Waals surface area contributed by atoms with Gasteiger partial charge in [0.1, 0.15) is 5.75 Å². The lowest BCUT2D eigenvalue weighted by molar-refractivity contribution is -0.152. The third kappa shape index (κ3) is 6.02. The fourth-order valence-electron chi connectivity index (χ4n) is 3.40. The van der Waals surface area contributed by atoms with Crippen molar-refractivity contribution in [3.8, 4) is 5.75 Å². The number of thioether (sulfide) groups is 1. The van der Waals surface area contributed by atoms with Gasteiger partial charge in [-0.05, 0) is 56.4 Å². The lowest BCUT2D eigenvalue weighted by Gasteiger charge is -2.28. The number of halogens is 1. The summed E-state index contributed by atoms with van der Waals surface area (Å²) in [5, 5.41) is -0.364. The van der Waals surface area contributed by atoms with E-state index in [4.69, 9.17) is 9.47 Å². The van der Waals surface area contributed by atoms with Crippen molar-refractivity contribution in [2.75, 3.05) is 39.2 Å². The van der Waals surface area contributed by atoms with Crippen LogP contribution in [0.5, 0.6) is 5.75 Å². The van der Waals surface area contributed by atoms with E-state index in [1.54, 1.807) is 23.8 Å². The van der Waals surface area contributed by atoms with Crippen molar-refractivity contribution in [2.45, 2.75) is 30.1 Å². The molecule has 8 heteroatoms. The predicted molar refractivity (Wildman–Crippen MR) is 130 cm³/mol. The van der Waals surface area contributed by atoms with Crippen LogP contribution in [0.2, 0.25) is 0 Å². The number of methoxy groups -OCH3 is 1. The number of carbonyl (C=O) groups excluding carboxylic acids is 2. The van der Waals surface area contributed by atoms with Gasteiger partial charge in [0.05, 0.1) is 18.0 Å². The van der Waals surface area contributed by atoms with Crippen molar-refractivity contribution in [1.29, 1.82) is 0 Å². The Morgan fingerprint density at radius 1 is 1.16 bits per heavy atom. The van der Waals surface area contributed by atoms with E-state index in [0.717, 1.165) is 27.5 Å². The Morgan fingerprint density at radius 2 is 1.84 bits per heavy atom. The normalized spacial score (nSPS) is 18.1. The smallest absolute Gasteiger partial charge is 0.303 e. The number of carbonyl (C=O) groups is 2. The lowest BCUT2D eigenvalue weighted by atomic mass is 10.1. The summed E-state index contributed by atoms with van der Waals surface area (Å²) in [5.41, 5.74) is 2.87. The Hall–Kier alpha value is -2.03. The van der Waals surface area contributed by atoms with E-state index >= 15 is 0 Å². The van der Waals surface area contributed by atoms with Crippen molar-refractivity contribution >= 4 is 46.3 Å². The van der Waals surface area contributed by atoms with Gasteiger partial charge in [-0.2, -0.15) is 0 Å². The molecule has 1 aliphatic heterocycles. The van der Waals surface area contributed by atoms with Crippen molar-refractivity contribution in [2.24, 2.45) is 0 Å². The molecule has 6 nitrogen and oxygen atoms in total. The van der Waals surface area contributed by atoms with E-state index in [2.05, 4.69) is 6.07 Å². The quantitative estimate of drug-likeness (QED) is 0.543. The average Bonchev–Trinajstić information content (AvgIpc) is 2.81. The van der Waals surface area contributed by atoms with Crippen molar-refractivity contribution in [3.05, 3.63) is 53.6 Å². The Balaban J connectivity index is 0.00000341. The summed E-state index contributed by atoms with van der Waals surface area (Å²) < 4.78 is 10.9. The van der Waals surface area contributed by atoms with Gasteiger partial charge >= 0.3 is 5.97 Å². The molecule has 0 aromatic heterocycles. The second-order valence-corrected chi connectivity index (χ2v) is 8.79. The van der Waals surface area contributed by atoms with Gasteiger partial charge in [0.15, 0.2) is 6.10 Å². The molecule has 0 unspecified atom stereocenters. The van der Waals surface area contributed by atoms with E-state index in [0.29, 0.717) is 13.1 Å².